The minimum atomic E-state index is -4.53. The van der Waals surface area contributed by atoms with E-state index in [-0.39, 0.29) is 11.5 Å². The van der Waals surface area contributed by atoms with E-state index < -0.39 is 17.5 Å². The third-order valence-corrected chi connectivity index (χ3v) is 2.24. The molecule has 0 heterocycles. The lowest BCUT2D eigenvalue weighted by Gasteiger charge is -2.13. The second-order valence-electron chi connectivity index (χ2n) is 3.59. The van der Waals surface area contributed by atoms with Crippen molar-refractivity contribution >= 4 is 0 Å². The molecule has 2 rings (SSSR count). The summed E-state index contributed by atoms with van der Waals surface area (Å²) < 4.78 is 43.3. The Bertz CT molecular complexity index is 536. The molecule has 0 saturated heterocycles. The summed E-state index contributed by atoms with van der Waals surface area (Å²) >= 11 is 0. The molecule has 0 unspecified atom stereocenters. The highest BCUT2D eigenvalue weighted by Gasteiger charge is 2.34. The molecular formula is C13H9F3O2. The van der Waals surface area contributed by atoms with Crippen LogP contribution >= 0.6 is 0 Å². The molecule has 18 heavy (non-hydrogen) atoms. The maximum atomic E-state index is 12.7. The van der Waals surface area contributed by atoms with E-state index in [4.69, 9.17) is 4.74 Å². The van der Waals surface area contributed by atoms with Crippen molar-refractivity contribution in [1.82, 2.24) is 0 Å². The number of rotatable bonds is 2. The van der Waals surface area contributed by atoms with E-state index in [1.807, 2.05) is 0 Å². The number of ether oxygens (including phenoxy) is 1. The maximum Gasteiger partial charge on any atom is 0.419 e. The Morgan fingerprint density at radius 2 is 1.61 bits per heavy atom. The van der Waals surface area contributed by atoms with Crippen LogP contribution < -0.4 is 4.74 Å². The predicted octanol–water partition coefficient (Wildman–Crippen LogP) is 4.20. The summed E-state index contributed by atoms with van der Waals surface area (Å²) in [5, 5.41) is 9.23. The van der Waals surface area contributed by atoms with Crippen LogP contribution in [0.15, 0.2) is 48.5 Å². The molecule has 0 radical (unpaired) electrons. The number of halogens is 3. The second kappa shape index (κ2) is 4.60. The van der Waals surface area contributed by atoms with E-state index in [2.05, 4.69) is 0 Å². The van der Waals surface area contributed by atoms with Gasteiger partial charge < -0.3 is 9.84 Å². The molecule has 2 nitrogen and oxygen atoms in total. The lowest BCUT2D eigenvalue weighted by atomic mass is 10.2. The standard InChI is InChI=1S/C13H9F3O2/c14-13(15,16)11-7-6-9(17)8-12(11)18-10-4-2-1-3-5-10/h1-8,17H. The predicted molar refractivity (Wildman–Crippen MR) is 59.6 cm³/mol. The van der Waals surface area contributed by atoms with Gasteiger partial charge in [-0.1, -0.05) is 18.2 Å². The van der Waals surface area contributed by atoms with E-state index in [1.54, 1.807) is 18.2 Å². The van der Waals surface area contributed by atoms with Crippen molar-refractivity contribution in [2.24, 2.45) is 0 Å². The molecule has 0 aromatic heterocycles. The van der Waals surface area contributed by atoms with Crippen molar-refractivity contribution in [1.29, 1.82) is 0 Å². The summed E-state index contributed by atoms with van der Waals surface area (Å²) in [7, 11) is 0. The van der Waals surface area contributed by atoms with E-state index in [0.717, 1.165) is 18.2 Å². The van der Waals surface area contributed by atoms with Crippen molar-refractivity contribution in [3.63, 3.8) is 0 Å². The average molecular weight is 254 g/mol. The molecule has 2 aromatic rings. The monoisotopic (exact) mass is 254 g/mol. The van der Waals surface area contributed by atoms with Gasteiger partial charge in [0.2, 0.25) is 0 Å². The fourth-order valence-corrected chi connectivity index (χ4v) is 1.45. The quantitative estimate of drug-likeness (QED) is 0.870. The molecule has 0 aliphatic carbocycles. The van der Waals surface area contributed by atoms with Crippen molar-refractivity contribution in [2.45, 2.75) is 6.18 Å². The van der Waals surface area contributed by atoms with Gasteiger partial charge in [-0.3, -0.25) is 0 Å². The van der Waals surface area contributed by atoms with Crippen LogP contribution in [-0.2, 0) is 6.18 Å². The van der Waals surface area contributed by atoms with Crippen molar-refractivity contribution < 1.29 is 23.0 Å². The van der Waals surface area contributed by atoms with Crippen LogP contribution in [-0.4, -0.2) is 5.11 Å². The summed E-state index contributed by atoms with van der Waals surface area (Å²) in [6.45, 7) is 0. The molecule has 0 bridgehead atoms. The van der Waals surface area contributed by atoms with Crippen LogP contribution in [0.4, 0.5) is 13.2 Å². The summed E-state index contributed by atoms with van der Waals surface area (Å²) in [6.07, 6.45) is -4.53. The van der Waals surface area contributed by atoms with Gasteiger partial charge in [-0.05, 0) is 24.3 Å². The van der Waals surface area contributed by atoms with Crippen LogP contribution in [0, 0.1) is 0 Å². The number of para-hydroxylation sites is 1. The van der Waals surface area contributed by atoms with Gasteiger partial charge in [0.05, 0.1) is 5.56 Å². The fourth-order valence-electron chi connectivity index (χ4n) is 1.45. The Morgan fingerprint density at radius 1 is 0.944 bits per heavy atom. The van der Waals surface area contributed by atoms with Crippen LogP contribution in [0.2, 0.25) is 0 Å². The van der Waals surface area contributed by atoms with Crippen molar-refractivity contribution in [3.05, 3.63) is 54.1 Å². The SMILES string of the molecule is Oc1ccc(C(F)(F)F)c(Oc2ccccc2)c1. The van der Waals surface area contributed by atoms with Gasteiger partial charge in [0, 0.05) is 6.07 Å². The Kier molecular flexibility index (Phi) is 3.14. The first kappa shape index (κ1) is 12.3. The largest absolute Gasteiger partial charge is 0.508 e. The fraction of sp³-hybridized carbons (Fsp3) is 0.0769. The smallest absolute Gasteiger partial charge is 0.419 e. The Morgan fingerprint density at radius 3 is 2.22 bits per heavy atom. The average Bonchev–Trinajstić information content (AvgIpc) is 2.28. The summed E-state index contributed by atoms with van der Waals surface area (Å²) in [5.41, 5.74) is -0.927. The third-order valence-electron chi connectivity index (χ3n) is 2.24. The molecule has 94 valence electrons. The maximum absolute atomic E-state index is 12.7. The number of aromatic hydroxyl groups is 1. The Balaban J connectivity index is 2.40. The van der Waals surface area contributed by atoms with Gasteiger partial charge in [0.15, 0.2) is 0 Å². The Hall–Kier alpha value is -2.17. The van der Waals surface area contributed by atoms with Gasteiger partial charge in [-0.25, -0.2) is 0 Å². The number of phenolic OH excluding ortho intramolecular Hbond substituents is 1. The van der Waals surface area contributed by atoms with E-state index >= 15 is 0 Å². The van der Waals surface area contributed by atoms with E-state index in [9.17, 15) is 18.3 Å². The zero-order valence-electron chi connectivity index (χ0n) is 9.11. The molecule has 0 fully saturated rings. The number of hydrogen-bond donors (Lipinski definition) is 1. The highest BCUT2D eigenvalue weighted by atomic mass is 19.4. The third kappa shape index (κ3) is 2.74. The normalized spacial score (nSPS) is 11.3. The highest BCUT2D eigenvalue weighted by Crippen LogP contribution is 2.39. The highest BCUT2D eigenvalue weighted by molar-refractivity contribution is 5.44. The minimum absolute atomic E-state index is 0.272. The van der Waals surface area contributed by atoms with E-state index in [1.165, 1.54) is 12.1 Å². The first-order valence-corrected chi connectivity index (χ1v) is 5.10. The zero-order valence-corrected chi connectivity index (χ0v) is 9.11. The van der Waals surface area contributed by atoms with Gasteiger partial charge in [0.25, 0.3) is 0 Å². The van der Waals surface area contributed by atoms with Crippen LogP contribution in [0.3, 0.4) is 0 Å². The lowest BCUT2D eigenvalue weighted by molar-refractivity contribution is -0.138. The molecule has 5 heteroatoms. The molecule has 0 aliphatic rings. The molecule has 0 atom stereocenters. The molecule has 0 aliphatic heterocycles. The molecular weight excluding hydrogens is 245 g/mol. The summed E-state index contributed by atoms with van der Waals surface area (Å²) in [4.78, 5) is 0. The van der Waals surface area contributed by atoms with Crippen molar-refractivity contribution in [2.75, 3.05) is 0 Å². The van der Waals surface area contributed by atoms with E-state index in [0.29, 0.717) is 0 Å². The molecule has 0 amide bonds. The van der Waals surface area contributed by atoms with Gasteiger partial charge in [-0.2, -0.15) is 13.2 Å². The Labute approximate surface area is 101 Å². The lowest BCUT2D eigenvalue weighted by Crippen LogP contribution is -2.06. The summed E-state index contributed by atoms with van der Waals surface area (Å²) in [5.74, 6) is -0.434. The summed E-state index contributed by atoms with van der Waals surface area (Å²) in [6, 6.07) is 10.8. The number of hydrogen-bond acceptors (Lipinski definition) is 2. The molecule has 0 spiro atoms. The first-order chi connectivity index (χ1) is 8.47. The first-order valence-electron chi connectivity index (χ1n) is 5.10. The second-order valence-corrected chi connectivity index (χ2v) is 3.59. The van der Waals surface area contributed by atoms with Gasteiger partial charge in [-0.15, -0.1) is 0 Å². The zero-order chi connectivity index (χ0) is 13.2. The molecule has 1 N–H and O–H groups in total. The topological polar surface area (TPSA) is 29.5 Å². The molecule has 2 aromatic carbocycles. The van der Waals surface area contributed by atoms with Crippen LogP contribution in [0.25, 0.3) is 0 Å². The van der Waals surface area contributed by atoms with Crippen LogP contribution in [0.5, 0.6) is 17.2 Å². The van der Waals surface area contributed by atoms with Crippen molar-refractivity contribution in [3.8, 4) is 17.2 Å². The minimum Gasteiger partial charge on any atom is -0.508 e. The number of alkyl halides is 3. The molecule has 0 saturated carbocycles. The van der Waals surface area contributed by atoms with Crippen LogP contribution in [0.1, 0.15) is 5.56 Å². The number of benzene rings is 2. The van der Waals surface area contributed by atoms with Gasteiger partial charge in [0.1, 0.15) is 17.2 Å². The van der Waals surface area contributed by atoms with Gasteiger partial charge >= 0.3 is 6.18 Å². The number of phenols is 1.